The number of carbonyl (C=O) groups is 2. The van der Waals surface area contributed by atoms with Gasteiger partial charge in [-0.25, -0.2) is 4.39 Å². The van der Waals surface area contributed by atoms with Gasteiger partial charge in [0.25, 0.3) is 5.91 Å². The monoisotopic (exact) mass is 522 g/mol. The summed E-state index contributed by atoms with van der Waals surface area (Å²) >= 11 is 0. The minimum absolute atomic E-state index is 0.0439. The maximum atomic E-state index is 14.2. The van der Waals surface area contributed by atoms with Gasteiger partial charge in [-0.3, -0.25) is 24.6 Å². The Hall–Kier alpha value is -3.02. The Bertz CT molecular complexity index is 1170. The predicted molar refractivity (Wildman–Crippen MR) is 126 cm³/mol. The molecule has 5 rings (SSSR count). The average Bonchev–Trinajstić information content (AvgIpc) is 3.42. The summed E-state index contributed by atoms with van der Waals surface area (Å²) < 4.78 is 53.6. The van der Waals surface area contributed by atoms with Gasteiger partial charge in [0.05, 0.1) is 11.9 Å². The Labute approximate surface area is 211 Å². The summed E-state index contributed by atoms with van der Waals surface area (Å²) in [7, 11) is 1.44. The molecule has 3 fully saturated rings. The molecule has 8 nitrogen and oxygen atoms in total. The van der Waals surface area contributed by atoms with Crippen LogP contribution in [0.25, 0.3) is 11.3 Å². The second-order valence-electron chi connectivity index (χ2n) is 10.5. The highest BCUT2D eigenvalue weighted by Gasteiger charge is 2.47. The molecule has 5 atom stereocenters. The summed E-state index contributed by atoms with van der Waals surface area (Å²) in [5.74, 6) is -1.22. The van der Waals surface area contributed by atoms with Crippen LogP contribution >= 0.6 is 0 Å². The molecular weight excluding hydrogens is 492 g/mol. The summed E-state index contributed by atoms with van der Waals surface area (Å²) in [4.78, 5) is 33.3. The van der Waals surface area contributed by atoms with Gasteiger partial charge >= 0.3 is 6.18 Å². The lowest BCUT2D eigenvalue weighted by molar-refractivity contribution is -0.188. The lowest BCUT2D eigenvalue weighted by atomic mass is 9.89. The largest absolute Gasteiger partial charge is 0.404 e. The molecule has 5 heterocycles. The molecule has 3 aliphatic heterocycles. The van der Waals surface area contributed by atoms with Crippen molar-refractivity contribution < 1.29 is 27.2 Å². The fourth-order valence-corrected chi connectivity index (χ4v) is 6.17. The van der Waals surface area contributed by atoms with Crippen LogP contribution in [0, 0.1) is 18.7 Å². The molecule has 12 heteroatoms. The van der Waals surface area contributed by atoms with Crippen LogP contribution < -0.4 is 5.32 Å². The number of likely N-dealkylation sites (tertiary alicyclic amines) is 1. The number of nitrogens with one attached hydrogen (secondary N) is 2. The van der Waals surface area contributed by atoms with E-state index in [9.17, 15) is 27.2 Å². The first-order valence-corrected chi connectivity index (χ1v) is 12.6. The second kappa shape index (κ2) is 9.70. The number of nitrogens with zero attached hydrogens (tertiary/aromatic N) is 4. The molecule has 2 N–H and O–H groups in total. The molecule has 1 unspecified atom stereocenters. The molecule has 2 aromatic rings. The van der Waals surface area contributed by atoms with Crippen molar-refractivity contribution in [1.29, 1.82) is 0 Å². The molecule has 200 valence electrons. The van der Waals surface area contributed by atoms with E-state index in [0.29, 0.717) is 24.2 Å². The number of halogens is 4. The molecule has 0 radical (unpaired) electrons. The van der Waals surface area contributed by atoms with Crippen LogP contribution in [0.15, 0.2) is 18.3 Å². The van der Waals surface area contributed by atoms with Gasteiger partial charge in [-0.2, -0.15) is 18.3 Å². The zero-order valence-corrected chi connectivity index (χ0v) is 20.7. The number of piperidine rings is 2. The second-order valence-corrected chi connectivity index (χ2v) is 10.5. The minimum Gasteiger partial charge on any atom is -0.352 e. The van der Waals surface area contributed by atoms with Crippen LogP contribution in [0.2, 0.25) is 0 Å². The Kier molecular flexibility index (Phi) is 6.71. The number of pyridine rings is 1. The van der Waals surface area contributed by atoms with Gasteiger partial charge < -0.3 is 10.2 Å². The Morgan fingerprint density at radius 3 is 2.46 bits per heavy atom. The Morgan fingerprint density at radius 2 is 1.81 bits per heavy atom. The first-order chi connectivity index (χ1) is 17.5. The van der Waals surface area contributed by atoms with E-state index in [2.05, 4.69) is 20.5 Å². The number of likely N-dealkylation sites (N-methyl/N-ethyl adjacent to an activating group) is 1. The third kappa shape index (κ3) is 5.07. The number of carbonyl (C=O) groups excluding carboxylic acids is 2. The fraction of sp³-hybridized carbons (Fsp3) is 0.600. The molecule has 3 saturated heterocycles. The quantitative estimate of drug-likeness (QED) is 0.600. The summed E-state index contributed by atoms with van der Waals surface area (Å²) in [5.41, 5.74) is 1.50. The zero-order chi connectivity index (χ0) is 26.5. The third-order valence-corrected chi connectivity index (χ3v) is 7.97. The molecule has 0 aliphatic carbocycles. The van der Waals surface area contributed by atoms with Crippen molar-refractivity contribution in [2.45, 2.75) is 75.8 Å². The van der Waals surface area contributed by atoms with Gasteiger partial charge in [0.15, 0.2) is 11.5 Å². The highest BCUT2D eigenvalue weighted by atomic mass is 19.4. The van der Waals surface area contributed by atoms with E-state index in [-0.39, 0.29) is 66.5 Å². The van der Waals surface area contributed by atoms with Gasteiger partial charge in [0, 0.05) is 41.8 Å². The lowest BCUT2D eigenvalue weighted by Crippen LogP contribution is -2.56. The smallest absolute Gasteiger partial charge is 0.352 e. The van der Waals surface area contributed by atoms with E-state index in [0.717, 1.165) is 19.0 Å². The first-order valence-electron chi connectivity index (χ1n) is 12.6. The van der Waals surface area contributed by atoms with Crippen LogP contribution in [-0.2, 0) is 4.79 Å². The van der Waals surface area contributed by atoms with Gasteiger partial charge in [0.1, 0.15) is 6.04 Å². The first kappa shape index (κ1) is 25.6. The maximum Gasteiger partial charge on any atom is 0.404 e. The summed E-state index contributed by atoms with van der Waals surface area (Å²) in [6.45, 7) is 1.90. The van der Waals surface area contributed by atoms with Crippen LogP contribution in [0.5, 0.6) is 0 Å². The predicted octanol–water partition coefficient (Wildman–Crippen LogP) is 3.44. The minimum atomic E-state index is -4.28. The molecule has 0 aromatic carbocycles. The number of hydrogen-bond donors (Lipinski definition) is 2. The highest BCUT2D eigenvalue weighted by Crippen LogP contribution is 2.40. The van der Waals surface area contributed by atoms with Gasteiger partial charge in [0.2, 0.25) is 5.91 Å². The van der Waals surface area contributed by atoms with Crippen LogP contribution in [0.3, 0.4) is 0 Å². The number of fused-ring (bicyclic) bond motifs is 2. The summed E-state index contributed by atoms with van der Waals surface area (Å²) in [6.07, 6.45) is -0.369. The molecule has 2 amide bonds. The van der Waals surface area contributed by atoms with Gasteiger partial charge in [-0.05, 0) is 64.6 Å². The van der Waals surface area contributed by atoms with Crippen molar-refractivity contribution in [3.05, 3.63) is 35.5 Å². The van der Waals surface area contributed by atoms with E-state index in [4.69, 9.17) is 0 Å². The van der Waals surface area contributed by atoms with Crippen LogP contribution in [-0.4, -0.2) is 80.7 Å². The van der Waals surface area contributed by atoms with Gasteiger partial charge in [-0.1, -0.05) is 0 Å². The van der Waals surface area contributed by atoms with E-state index in [1.807, 2.05) is 0 Å². The SMILES string of the molecule is Cc1cc(-c2cc(C(=O)N3C4CC[C@@H]3C[C@@H](C(=O)N[C@H]3CC[C@H](C(F)(F)F)N(C)C3)C4)n[nH]2)c(F)cn1. The fourth-order valence-electron chi connectivity index (χ4n) is 6.17. The highest BCUT2D eigenvalue weighted by molar-refractivity contribution is 5.94. The normalized spacial score (nSPS) is 28.4. The summed E-state index contributed by atoms with van der Waals surface area (Å²) in [6, 6.07) is 1.07. The number of aromatic amines is 1. The van der Waals surface area contributed by atoms with Crippen molar-refractivity contribution in [1.82, 2.24) is 30.3 Å². The number of alkyl halides is 3. The standard InChI is InChI=1S/C25H30F4N6O2/c1-13-7-18(19(26)11-30-13)20-10-21(33-32-20)24(37)35-16-4-5-17(35)9-14(8-16)23(36)31-15-3-6-22(25(27,28)29)34(2)12-15/h7,10-11,14-17,22H,3-6,8-9,12H2,1-2H3,(H,31,36)(H,32,33)/t14-,15-,16?,17+,22+/m0/s1. The molecule has 3 aliphatic rings. The van der Waals surface area contributed by atoms with E-state index >= 15 is 0 Å². The number of hydrogen-bond acceptors (Lipinski definition) is 5. The Balaban J connectivity index is 1.21. The van der Waals surface area contributed by atoms with Crippen molar-refractivity contribution in [2.24, 2.45) is 5.92 Å². The van der Waals surface area contributed by atoms with Gasteiger partial charge in [-0.15, -0.1) is 0 Å². The molecule has 37 heavy (non-hydrogen) atoms. The van der Waals surface area contributed by atoms with E-state index in [1.54, 1.807) is 17.9 Å². The number of aromatic nitrogens is 3. The van der Waals surface area contributed by atoms with E-state index in [1.165, 1.54) is 18.0 Å². The number of H-pyrrole nitrogens is 1. The molecule has 2 aromatic heterocycles. The van der Waals surface area contributed by atoms with Crippen molar-refractivity contribution in [2.75, 3.05) is 13.6 Å². The zero-order valence-electron chi connectivity index (χ0n) is 20.7. The maximum absolute atomic E-state index is 14.2. The molecule has 0 saturated carbocycles. The van der Waals surface area contributed by atoms with Crippen LogP contribution in [0.1, 0.15) is 54.7 Å². The van der Waals surface area contributed by atoms with E-state index < -0.39 is 18.0 Å². The Morgan fingerprint density at radius 1 is 1.11 bits per heavy atom. The molecule has 0 spiro atoms. The van der Waals surface area contributed by atoms with Crippen molar-refractivity contribution >= 4 is 11.8 Å². The third-order valence-electron chi connectivity index (χ3n) is 7.97. The van der Waals surface area contributed by atoms with Crippen LogP contribution in [0.4, 0.5) is 17.6 Å². The topological polar surface area (TPSA) is 94.2 Å². The van der Waals surface area contributed by atoms with Crippen molar-refractivity contribution in [3.63, 3.8) is 0 Å². The summed E-state index contributed by atoms with van der Waals surface area (Å²) in [5, 5.41) is 9.83. The lowest BCUT2D eigenvalue weighted by Gasteiger charge is -2.40. The molecule has 2 bridgehead atoms. The molecular formula is C25H30F4N6O2. The number of aryl methyl sites for hydroxylation is 1. The number of rotatable bonds is 4. The van der Waals surface area contributed by atoms with Crippen molar-refractivity contribution in [3.8, 4) is 11.3 Å². The number of amides is 2. The average molecular weight is 523 g/mol.